The number of benzene rings is 5. The van der Waals surface area contributed by atoms with Crippen LogP contribution in [0.25, 0.3) is 21.5 Å². The third-order valence-corrected chi connectivity index (χ3v) is 9.48. The summed E-state index contributed by atoms with van der Waals surface area (Å²) in [5.41, 5.74) is -0.489. The van der Waals surface area contributed by atoms with Gasteiger partial charge in [-0.15, -0.1) is 0 Å². The zero-order chi connectivity index (χ0) is 36.4. The van der Waals surface area contributed by atoms with Crippen molar-refractivity contribution in [2.45, 2.75) is 19.6 Å². The van der Waals surface area contributed by atoms with E-state index in [1.165, 1.54) is 48.5 Å². The van der Waals surface area contributed by atoms with Gasteiger partial charge in [-0.1, -0.05) is 0 Å². The number of rotatable bonds is 12. The van der Waals surface area contributed by atoms with Crippen LogP contribution in [0, 0.1) is 0 Å². The van der Waals surface area contributed by atoms with Crippen molar-refractivity contribution in [2.75, 3.05) is 10.6 Å². The van der Waals surface area contributed by atoms with E-state index in [2.05, 4.69) is 29.4 Å². The fourth-order valence-electron chi connectivity index (χ4n) is 4.73. The second-order valence-electron chi connectivity index (χ2n) is 9.86. The molecule has 0 fully saturated rings. The normalized spacial score (nSPS) is 11.0. The molecule has 5 aromatic carbocycles. The van der Waals surface area contributed by atoms with Crippen molar-refractivity contribution in [1.29, 1.82) is 0 Å². The van der Waals surface area contributed by atoms with Crippen LogP contribution in [0.1, 0.15) is 20.7 Å². The number of aromatic hydroxyl groups is 2. The topological polar surface area (TPSA) is 296 Å². The first kappa shape index (κ1) is 51.5. The smallest absolute Gasteiger partial charge is 0.744 e. The van der Waals surface area contributed by atoms with E-state index in [0.29, 0.717) is 35.5 Å². The average Bonchev–Trinajstić information content (AvgIpc) is 3.05. The summed E-state index contributed by atoms with van der Waals surface area (Å²) in [6, 6.07) is 13.1. The Bertz CT molecular complexity index is 2380. The summed E-state index contributed by atoms with van der Waals surface area (Å²) in [6.07, 6.45) is 0. The molecule has 0 atom stereocenters. The Hall–Kier alpha value is -0.560. The second-order valence-corrected chi connectivity index (χ2v) is 14.2. The van der Waals surface area contributed by atoms with Gasteiger partial charge in [-0.2, -0.15) is 8.67 Å². The average molecular weight is 857 g/mol. The second kappa shape index (κ2) is 22.0. The Labute approximate surface area is 402 Å². The minimum absolute atomic E-state index is 0. The number of anilines is 2. The molecule has 5 rings (SSSR count). The van der Waals surface area contributed by atoms with E-state index in [1.54, 1.807) is 0 Å². The number of amides is 2. The number of hydrogen-bond donors (Lipinski definition) is 4. The summed E-state index contributed by atoms with van der Waals surface area (Å²) in [4.78, 5) is 25.0. The molecule has 54 heavy (non-hydrogen) atoms. The first-order valence-corrected chi connectivity index (χ1v) is 17.4. The molecular weight excluding hydrogens is 841 g/mol. The fourth-order valence-corrected chi connectivity index (χ4v) is 6.68. The number of carbonyl (C=O) groups is 2. The van der Waals surface area contributed by atoms with Gasteiger partial charge < -0.3 is 40.5 Å². The van der Waals surface area contributed by atoms with Gasteiger partial charge in [0.25, 0.3) is 11.8 Å². The number of carbonyl (C=O) groups excluding carboxylic acids is 2. The number of phenolic OH excluding ortho intramolecular Hbond substituents is 2. The van der Waals surface area contributed by atoms with Crippen molar-refractivity contribution >= 4 is 89.1 Å². The molecule has 0 spiro atoms. The molecule has 0 aliphatic heterocycles. The summed E-state index contributed by atoms with van der Waals surface area (Å²) >= 11 is 0.965. The number of phenols is 2. The van der Waals surface area contributed by atoms with Crippen molar-refractivity contribution in [3.8, 4) is 11.5 Å². The first-order chi connectivity index (χ1) is 23.6. The van der Waals surface area contributed by atoms with Gasteiger partial charge in [0.2, 0.25) is 0 Å². The molecular formula is C28H16N2Na4O16S4. The van der Waals surface area contributed by atoms with Crippen LogP contribution in [0.5, 0.6) is 11.5 Å². The van der Waals surface area contributed by atoms with Crippen molar-refractivity contribution in [3.63, 3.8) is 0 Å². The molecule has 5 aromatic rings. The first-order valence-electron chi connectivity index (χ1n) is 13.1. The Morgan fingerprint density at radius 2 is 0.944 bits per heavy atom. The monoisotopic (exact) mass is 856 g/mol. The van der Waals surface area contributed by atoms with E-state index in [4.69, 9.17) is 0 Å². The van der Waals surface area contributed by atoms with Crippen molar-refractivity contribution in [3.05, 3.63) is 83.9 Å². The van der Waals surface area contributed by atoms with Gasteiger partial charge in [-0.3, -0.25) is 19.7 Å². The fraction of sp³-hybridized carbons (Fsp3) is 0. The summed E-state index contributed by atoms with van der Waals surface area (Å²) < 4.78 is 78.5. The maximum Gasteiger partial charge on any atom is 1.00 e. The maximum atomic E-state index is 13.2. The van der Waals surface area contributed by atoms with Gasteiger partial charge in [0.1, 0.15) is 31.7 Å². The molecule has 0 aromatic heterocycles. The van der Waals surface area contributed by atoms with Gasteiger partial charge in [0.15, 0.2) is 0 Å². The zero-order valence-corrected chi connectivity index (χ0v) is 39.4. The predicted octanol–water partition coefficient (Wildman–Crippen LogP) is -9.81. The van der Waals surface area contributed by atoms with Crippen LogP contribution in [0.3, 0.4) is 0 Å². The van der Waals surface area contributed by atoms with Crippen molar-refractivity contribution < 1.29 is 193 Å². The molecule has 0 aliphatic carbocycles. The van der Waals surface area contributed by atoms with E-state index < -0.39 is 53.3 Å². The Morgan fingerprint density at radius 3 is 1.37 bits per heavy atom. The van der Waals surface area contributed by atoms with Gasteiger partial charge in [0.05, 0.1) is 45.3 Å². The van der Waals surface area contributed by atoms with E-state index >= 15 is 0 Å². The van der Waals surface area contributed by atoms with E-state index in [9.17, 15) is 56.3 Å². The standard InChI is InChI=1S/C28H20N2O16S4.4Na/c31-23-10-18(48-46-44-36)6-15-5-17(47-45-43-35)9-21(25(15)23)29-27(33)13-1-3-14(4-2-13)28(34)30-22-11-19(49(37,38)39)7-16-8-20(50(40,41)42)12-24(32)26(16)22;;;;/h1-12,31-32,35-36H,(H,29,33)(H,30,34)(H,37,38,39)(H,40,41,42);;;;/q;4*+1/p-4. The minimum atomic E-state index is -5.17. The Kier molecular flexibility index (Phi) is 21.0. The van der Waals surface area contributed by atoms with Crippen molar-refractivity contribution in [1.82, 2.24) is 0 Å². The van der Waals surface area contributed by atoms with Crippen LogP contribution in [0.2, 0.25) is 0 Å². The van der Waals surface area contributed by atoms with Crippen LogP contribution in [0.15, 0.2) is 92.4 Å². The Balaban J connectivity index is 0.00000364. The van der Waals surface area contributed by atoms with Crippen LogP contribution in [-0.4, -0.2) is 48.0 Å². The SMILES string of the molecule is O=C(Nc1cc(SOO[O-])cc2cc(SOO[O-])cc(O)c12)c1ccc(C(=O)Nc2cc(S(=O)(=O)[O-])cc3cc(S(=O)(=O)[O-])cc(O)c23)cc1.[Na+].[Na+].[Na+].[Na+]. The molecule has 0 unspecified atom stereocenters. The number of hydrogen-bond acceptors (Lipinski definition) is 18. The molecule has 0 saturated carbocycles. The minimum Gasteiger partial charge on any atom is -0.744 e. The van der Waals surface area contributed by atoms with Gasteiger partial charge in [-0.05, 0) is 83.6 Å². The molecule has 0 aliphatic rings. The Morgan fingerprint density at radius 1 is 0.574 bits per heavy atom. The molecule has 18 nitrogen and oxygen atoms in total. The maximum absolute atomic E-state index is 13.2. The van der Waals surface area contributed by atoms with E-state index in [-0.39, 0.29) is 167 Å². The molecule has 0 radical (unpaired) electrons. The quantitative estimate of drug-likeness (QED) is 0.0298. The van der Waals surface area contributed by atoms with E-state index in [1.807, 2.05) is 0 Å². The summed E-state index contributed by atoms with van der Waals surface area (Å²) in [7, 11) is -10.3. The van der Waals surface area contributed by atoms with Crippen LogP contribution < -0.4 is 139 Å². The number of nitrogens with one attached hydrogen (secondary N) is 2. The molecule has 2 amide bonds. The van der Waals surface area contributed by atoms with Crippen LogP contribution >= 0.6 is 24.1 Å². The molecule has 0 bridgehead atoms. The van der Waals surface area contributed by atoms with Crippen LogP contribution in [-0.2, 0) is 39.0 Å². The van der Waals surface area contributed by atoms with Gasteiger partial charge in [-0.25, -0.2) is 16.8 Å². The summed E-state index contributed by atoms with van der Waals surface area (Å²) in [6.45, 7) is 0. The zero-order valence-electron chi connectivity index (χ0n) is 28.2. The van der Waals surface area contributed by atoms with E-state index in [0.717, 1.165) is 18.2 Å². The molecule has 0 saturated heterocycles. The van der Waals surface area contributed by atoms with Gasteiger partial charge in [0, 0.05) is 31.7 Å². The predicted molar refractivity (Wildman–Crippen MR) is 166 cm³/mol. The van der Waals surface area contributed by atoms with Gasteiger partial charge >= 0.3 is 118 Å². The third kappa shape index (κ3) is 12.7. The van der Waals surface area contributed by atoms with Crippen molar-refractivity contribution in [2.24, 2.45) is 0 Å². The molecule has 262 valence electrons. The molecule has 26 heteroatoms. The third-order valence-electron chi connectivity index (χ3n) is 6.75. The van der Waals surface area contributed by atoms with Crippen LogP contribution in [0.4, 0.5) is 11.4 Å². The molecule has 0 heterocycles. The summed E-state index contributed by atoms with van der Waals surface area (Å²) in [5, 5.41) is 53.1. The number of fused-ring (bicyclic) bond motifs is 2. The molecule has 4 N–H and O–H groups in total. The largest absolute Gasteiger partial charge is 1.00 e. The summed E-state index contributed by atoms with van der Waals surface area (Å²) in [5.74, 6) is -2.82.